The fraction of sp³-hybridized carbons (Fsp3) is 0.190. The largest absolute Gasteiger partial charge is 0.467 e. The number of esters is 1. The minimum atomic E-state index is -3.87. The summed E-state index contributed by atoms with van der Waals surface area (Å²) in [5.74, 6) is -0.840. The van der Waals surface area contributed by atoms with E-state index in [1.807, 2.05) is 12.1 Å². The first-order valence-electron chi connectivity index (χ1n) is 9.17. The van der Waals surface area contributed by atoms with Gasteiger partial charge in [0, 0.05) is 16.5 Å². The van der Waals surface area contributed by atoms with Crippen molar-refractivity contribution in [2.75, 3.05) is 17.6 Å². The van der Waals surface area contributed by atoms with Crippen molar-refractivity contribution in [3.05, 3.63) is 65.5 Å². The third-order valence-electron chi connectivity index (χ3n) is 5.09. The number of sulfonamides is 1. The van der Waals surface area contributed by atoms with E-state index < -0.39 is 28.4 Å². The van der Waals surface area contributed by atoms with Gasteiger partial charge in [0.05, 0.1) is 17.2 Å². The Hall–Kier alpha value is -3.17. The zero-order valence-corrected chi connectivity index (χ0v) is 16.4. The summed E-state index contributed by atoms with van der Waals surface area (Å²) in [6.07, 6.45) is 0. The molecule has 0 spiro atoms. The summed E-state index contributed by atoms with van der Waals surface area (Å²) >= 11 is 0. The van der Waals surface area contributed by atoms with Crippen LogP contribution in [0.3, 0.4) is 0 Å². The Kier molecular flexibility index (Phi) is 4.37. The highest BCUT2D eigenvalue weighted by Gasteiger charge is 2.37. The number of benzene rings is 3. The van der Waals surface area contributed by atoms with Crippen LogP contribution in [0.1, 0.15) is 11.1 Å². The number of carbonyl (C=O) groups excluding carboxylic acids is 1. The molecule has 0 atom stereocenters. The highest BCUT2D eigenvalue weighted by molar-refractivity contribution is 7.93. The fourth-order valence-corrected chi connectivity index (χ4v) is 5.47. The Morgan fingerprint density at radius 1 is 1.17 bits per heavy atom. The summed E-state index contributed by atoms with van der Waals surface area (Å²) in [6, 6.07) is 12.7. The summed E-state index contributed by atoms with van der Waals surface area (Å²) in [5.41, 5.74) is 1.32. The lowest BCUT2D eigenvalue weighted by atomic mass is 10.1. The standard InChI is InChI=1S/C21H16FNO6S/c22-16-7-14-10-27-12-29-21(14)15(8-16)11-28-19(24)9-23-17-5-1-3-13-4-2-6-18(20(13)17)30(23,25)26/h1-8H,9-12H2. The molecule has 7 nitrogen and oxygen atoms in total. The van der Waals surface area contributed by atoms with Crippen molar-refractivity contribution in [3.8, 4) is 5.75 Å². The smallest absolute Gasteiger partial charge is 0.327 e. The Bertz CT molecular complexity index is 1280. The lowest BCUT2D eigenvalue weighted by molar-refractivity contribution is -0.143. The molecule has 0 aromatic heterocycles. The number of halogens is 1. The van der Waals surface area contributed by atoms with Gasteiger partial charge in [0.2, 0.25) is 0 Å². The number of carbonyl (C=O) groups is 1. The van der Waals surface area contributed by atoms with Crippen LogP contribution in [0.5, 0.6) is 5.75 Å². The second kappa shape index (κ2) is 6.96. The number of anilines is 1. The highest BCUT2D eigenvalue weighted by Crippen LogP contribution is 2.41. The number of ether oxygens (including phenoxy) is 3. The Balaban J connectivity index is 1.37. The van der Waals surface area contributed by atoms with Gasteiger partial charge < -0.3 is 14.2 Å². The van der Waals surface area contributed by atoms with Crippen LogP contribution in [0.15, 0.2) is 53.4 Å². The summed E-state index contributed by atoms with van der Waals surface area (Å²) in [5, 5.41) is 1.36. The number of hydrogen-bond acceptors (Lipinski definition) is 6. The van der Waals surface area contributed by atoms with Gasteiger partial charge in [-0.3, -0.25) is 9.10 Å². The fourth-order valence-electron chi connectivity index (χ4n) is 3.81. The molecule has 0 fully saturated rings. The van der Waals surface area contributed by atoms with Crippen LogP contribution in [0, 0.1) is 5.82 Å². The number of hydrogen-bond donors (Lipinski definition) is 0. The topological polar surface area (TPSA) is 82.1 Å². The maximum absolute atomic E-state index is 13.8. The van der Waals surface area contributed by atoms with E-state index in [0.717, 1.165) is 9.69 Å². The molecule has 2 aliphatic heterocycles. The Morgan fingerprint density at radius 2 is 1.97 bits per heavy atom. The van der Waals surface area contributed by atoms with Gasteiger partial charge in [0.15, 0.2) is 6.79 Å². The second-order valence-electron chi connectivity index (χ2n) is 6.97. The quantitative estimate of drug-likeness (QED) is 0.593. The molecule has 154 valence electrons. The van der Waals surface area contributed by atoms with Gasteiger partial charge in [-0.25, -0.2) is 12.8 Å². The van der Waals surface area contributed by atoms with Gasteiger partial charge in [0.1, 0.15) is 24.7 Å². The third-order valence-corrected chi connectivity index (χ3v) is 6.90. The first kappa shape index (κ1) is 18.8. The third kappa shape index (κ3) is 2.98. The average Bonchev–Trinajstić information content (AvgIpc) is 2.95. The van der Waals surface area contributed by atoms with Gasteiger partial charge in [0.25, 0.3) is 10.0 Å². The van der Waals surface area contributed by atoms with Crippen molar-refractivity contribution >= 4 is 32.5 Å². The molecule has 30 heavy (non-hydrogen) atoms. The molecule has 2 aliphatic rings. The van der Waals surface area contributed by atoms with E-state index in [9.17, 15) is 17.6 Å². The SMILES string of the molecule is O=C(CN1c2cccc3cccc(c23)S1(=O)=O)OCc1cc(F)cc2c1OCOC2. The molecule has 0 aliphatic carbocycles. The molecule has 9 heteroatoms. The van der Waals surface area contributed by atoms with Crippen molar-refractivity contribution in [3.63, 3.8) is 0 Å². The molecule has 0 saturated carbocycles. The lowest BCUT2D eigenvalue weighted by Crippen LogP contribution is -2.33. The molecule has 0 N–H and O–H groups in total. The number of nitrogens with zero attached hydrogens (tertiary/aromatic N) is 1. The normalized spacial score (nSPS) is 16.2. The molecular formula is C21H16FNO6S. The van der Waals surface area contributed by atoms with Gasteiger partial charge in [-0.2, -0.15) is 0 Å². The molecule has 0 amide bonds. The van der Waals surface area contributed by atoms with Crippen LogP contribution >= 0.6 is 0 Å². The van der Waals surface area contributed by atoms with Crippen LogP contribution in [-0.4, -0.2) is 27.7 Å². The van der Waals surface area contributed by atoms with Crippen LogP contribution in [0.2, 0.25) is 0 Å². The van der Waals surface area contributed by atoms with Crippen LogP contribution in [0.25, 0.3) is 10.8 Å². The van der Waals surface area contributed by atoms with E-state index in [-0.39, 0.29) is 24.9 Å². The van der Waals surface area contributed by atoms with Crippen LogP contribution < -0.4 is 9.04 Å². The zero-order chi connectivity index (χ0) is 20.9. The van der Waals surface area contributed by atoms with Crippen molar-refractivity contribution in [1.29, 1.82) is 0 Å². The maximum Gasteiger partial charge on any atom is 0.327 e. The van der Waals surface area contributed by atoms with Gasteiger partial charge in [-0.15, -0.1) is 0 Å². The monoisotopic (exact) mass is 429 g/mol. The molecule has 2 heterocycles. The molecule has 0 bridgehead atoms. The summed E-state index contributed by atoms with van der Waals surface area (Å²) < 4.78 is 56.6. The molecule has 0 radical (unpaired) electrons. The first-order chi connectivity index (χ1) is 14.4. The molecule has 5 rings (SSSR count). The number of rotatable bonds is 4. The minimum Gasteiger partial charge on any atom is -0.467 e. The summed E-state index contributed by atoms with van der Waals surface area (Å²) in [4.78, 5) is 12.7. The lowest BCUT2D eigenvalue weighted by Gasteiger charge is -2.21. The van der Waals surface area contributed by atoms with E-state index in [4.69, 9.17) is 14.2 Å². The van der Waals surface area contributed by atoms with Gasteiger partial charge >= 0.3 is 5.97 Å². The molecule has 3 aromatic carbocycles. The second-order valence-corrected chi connectivity index (χ2v) is 8.80. The van der Waals surface area contributed by atoms with Gasteiger partial charge in [-0.05, 0) is 29.7 Å². The predicted molar refractivity (Wildman–Crippen MR) is 105 cm³/mol. The predicted octanol–water partition coefficient (Wildman–Crippen LogP) is 3.10. The van der Waals surface area contributed by atoms with E-state index >= 15 is 0 Å². The van der Waals surface area contributed by atoms with E-state index in [1.165, 1.54) is 18.2 Å². The van der Waals surface area contributed by atoms with Crippen molar-refractivity contribution < 1.29 is 31.8 Å². The van der Waals surface area contributed by atoms with E-state index in [0.29, 0.717) is 28.0 Å². The molecule has 0 saturated heterocycles. The van der Waals surface area contributed by atoms with Crippen molar-refractivity contribution in [2.45, 2.75) is 18.1 Å². The Morgan fingerprint density at radius 3 is 2.80 bits per heavy atom. The van der Waals surface area contributed by atoms with Crippen LogP contribution in [-0.2, 0) is 37.5 Å². The van der Waals surface area contributed by atoms with E-state index in [1.54, 1.807) is 18.2 Å². The Labute approximate surface area is 171 Å². The molecule has 0 unspecified atom stereocenters. The average molecular weight is 429 g/mol. The van der Waals surface area contributed by atoms with E-state index in [2.05, 4.69) is 0 Å². The number of fused-ring (bicyclic) bond motifs is 1. The van der Waals surface area contributed by atoms with Crippen molar-refractivity contribution in [2.24, 2.45) is 0 Å². The van der Waals surface area contributed by atoms with Crippen LogP contribution in [0.4, 0.5) is 10.1 Å². The van der Waals surface area contributed by atoms with Crippen molar-refractivity contribution in [1.82, 2.24) is 0 Å². The van der Waals surface area contributed by atoms with Gasteiger partial charge in [-0.1, -0.05) is 24.3 Å². The summed E-state index contributed by atoms with van der Waals surface area (Å²) in [7, 11) is -3.87. The highest BCUT2D eigenvalue weighted by atomic mass is 32.2. The molecule has 3 aromatic rings. The zero-order valence-electron chi connectivity index (χ0n) is 15.6. The minimum absolute atomic E-state index is 0.0217. The maximum atomic E-state index is 13.8. The molecular weight excluding hydrogens is 413 g/mol. The first-order valence-corrected chi connectivity index (χ1v) is 10.6. The summed E-state index contributed by atoms with van der Waals surface area (Å²) in [6.45, 7) is -0.516.